The van der Waals surface area contributed by atoms with Crippen molar-refractivity contribution in [2.45, 2.75) is 77.9 Å². The highest BCUT2D eigenvalue weighted by Crippen LogP contribution is 2.21. The van der Waals surface area contributed by atoms with Gasteiger partial charge in [-0.15, -0.1) is 0 Å². The molecular weight excluding hydrogens is 887 g/mol. The van der Waals surface area contributed by atoms with Crippen LogP contribution in [0.2, 0.25) is 0 Å². The number of benzene rings is 3. The summed E-state index contributed by atoms with van der Waals surface area (Å²) in [6.07, 6.45) is 4.13. The first kappa shape index (κ1) is 50.5. The number of anilines is 2. The van der Waals surface area contributed by atoms with Crippen LogP contribution in [-0.4, -0.2) is 99.9 Å². The second-order valence-electron chi connectivity index (χ2n) is 15.1. The number of Topliss-reactive ketones (excluding diaryl/α,β-unsaturated/α-hetero) is 2. The fourth-order valence-electron chi connectivity index (χ4n) is 6.74. The molecule has 0 fully saturated rings. The standard InChI is InChI=1S/C35H39N9O12.C11H8O/c1-4-26(33(52)39-23(21(3)45)14-29(48)49)43-13-11-37-32(35(43)54)44(16-25-20(2)40-56-41-25)31-34(53)42(12-10-36-31)17-28(47)38-24(15-30(50)51)27(46)19-55-18-22-8-6-5-7-9-22;12-8-10-6-3-5-9-4-1-2-7-11(9)10/h5-13,23-24,26H,4,14-19H2,1-3H3,(H,38,47)(H,39,52)(H,48,49)(H,50,51);1-8H/t23-,24-,26-;/m0./s1. The Morgan fingerprint density at radius 1 is 0.824 bits per heavy atom. The van der Waals surface area contributed by atoms with E-state index in [9.17, 15) is 53.4 Å². The van der Waals surface area contributed by atoms with Crippen molar-refractivity contribution in [1.29, 1.82) is 0 Å². The van der Waals surface area contributed by atoms with E-state index in [1.807, 2.05) is 42.5 Å². The van der Waals surface area contributed by atoms with Gasteiger partial charge in [0, 0.05) is 30.4 Å². The van der Waals surface area contributed by atoms with Gasteiger partial charge in [-0.3, -0.25) is 52.6 Å². The SMILES string of the molecule is CC[C@@H](C(=O)N[C@@H](CC(=O)O)C(C)=O)n1ccnc(N(Cc2nonc2C)c2nccn(CC(=O)N[C@@H](CC(=O)O)C(=O)COCc3ccccc3)c2=O)c1=O.O=Cc1cccc2ccccc12. The number of carboxylic acid groups (broad SMARTS) is 2. The van der Waals surface area contributed by atoms with Crippen molar-refractivity contribution in [2.75, 3.05) is 11.5 Å². The average Bonchev–Trinajstić information content (AvgIpc) is 3.72. The molecule has 3 aromatic carbocycles. The number of carboxylic acids is 2. The van der Waals surface area contributed by atoms with Crippen LogP contribution in [0.4, 0.5) is 11.6 Å². The first-order valence-electron chi connectivity index (χ1n) is 20.9. The van der Waals surface area contributed by atoms with E-state index in [0.29, 0.717) is 0 Å². The minimum Gasteiger partial charge on any atom is -0.481 e. The molecular formula is C46H47N9O13. The quantitative estimate of drug-likeness (QED) is 0.0711. The molecule has 22 nitrogen and oxygen atoms in total. The van der Waals surface area contributed by atoms with E-state index in [0.717, 1.165) is 61.5 Å². The van der Waals surface area contributed by atoms with Crippen LogP contribution in [0.3, 0.4) is 0 Å². The molecule has 3 heterocycles. The van der Waals surface area contributed by atoms with E-state index in [4.69, 9.17) is 9.37 Å². The lowest BCUT2D eigenvalue weighted by atomic mass is 10.1. The number of ketones is 2. The van der Waals surface area contributed by atoms with Crippen molar-refractivity contribution in [1.82, 2.24) is 40.0 Å². The third-order valence-corrected chi connectivity index (χ3v) is 10.2. The average molecular weight is 934 g/mol. The van der Waals surface area contributed by atoms with E-state index in [1.165, 1.54) is 12.4 Å². The largest absolute Gasteiger partial charge is 0.481 e. The Bertz CT molecular complexity index is 2890. The molecule has 0 spiro atoms. The van der Waals surface area contributed by atoms with Crippen LogP contribution >= 0.6 is 0 Å². The zero-order chi connectivity index (χ0) is 49.3. The number of aromatic nitrogens is 6. The van der Waals surface area contributed by atoms with Crippen LogP contribution in [0.1, 0.15) is 66.5 Å². The molecule has 354 valence electrons. The van der Waals surface area contributed by atoms with Gasteiger partial charge >= 0.3 is 11.9 Å². The van der Waals surface area contributed by atoms with Crippen molar-refractivity contribution in [2.24, 2.45) is 0 Å². The summed E-state index contributed by atoms with van der Waals surface area (Å²) in [5.41, 5.74) is 0.134. The minimum atomic E-state index is -1.49. The number of aliphatic carboxylic acids is 2. The Morgan fingerprint density at radius 3 is 2.12 bits per heavy atom. The summed E-state index contributed by atoms with van der Waals surface area (Å²) in [7, 11) is 0. The molecule has 0 bridgehead atoms. The topological polar surface area (TPSA) is 305 Å². The summed E-state index contributed by atoms with van der Waals surface area (Å²) in [5, 5.41) is 33.0. The molecule has 0 aliphatic heterocycles. The molecule has 6 rings (SSSR count). The number of nitrogens with one attached hydrogen (secondary N) is 2. The lowest BCUT2D eigenvalue weighted by Crippen LogP contribution is -2.46. The Kier molecular flexibility index (Phi) is 17.9. The zero-order valence-corrected chi connectivity index (χ0v) is 37.0. The van der Waals surface area contributed by atoms with E-state index in [2.05, 4.69) is 30.9 Å². The normalized spacial score (nSPS) is 12.1. The fraction of sp³-hybridized carbons (Fsp3) is 0.283. The van der Waals surface area contributed by atoms with Crippen molar-refractivity contribution >= 4 is 64.0 Å². The Morgan fingerprint density at radius 2 is 1.47 bits per heavy atom. The Hall–Kier alpha value is -8.53. The molecule has 0 saturated carbocycles. The van der Waals surface area contributed by atoms with Crippen LogP contribution in [0, 0.1) is 6.92 Å². The molecule has 4 N–H and O–H groups in total. The summed E-state index contributed by atoms with van der Waals surface area (Å²) < 4.78 is 12.1. The van der Waals surface area contributed by atoms with Crippen LogP contribution in [0.5, 0.6) is 0 Å². The third-order valence-electron chi connectivity index (χ3n) is 10.2. The number of aryl methyl sites for hydroxylation is 1. The van der Waals surface area contributed by atoms with Gasteiger partial charge in [0.1, 0.15) is 36.6 Å². The number of ether oxygens (including phenoxy) is 1. The monoisotopic (exact) mass is 933 g/mol. The lowest BCUT2D eigenvalue weighted by Gasteiger charge is -2.24. The molecule has 0 unspecified atom stereocenters. The molecule has 22 heteroatoms. The van der Waals surface area contributed by atoms with Crippen LogP contribution in [0.25, 0.3) is 10.8 Å². The van der Waals surface area contributed by atoms with Gasteiger partial charge in [0.15, 0.2) is 17.9 Å². The second kappa shape index (κ2) is 24.1. The lowest BCUT2D eigenvalue weighted by molar-refractivity contribution is -0.141. The van der Waals surface area contributed by atoms with Gasteiger partial charge in [0.25, 0.3) is 11.1 Å². The summed E-state index contributed by atoms with van der Waals surface area (Å²) in [6.45, 7) is 2.73. The Balaban J connectivity index is 0.000000618. The highest BCUT2D eigenvalue weighted by molar-refractivity contribution is 5.98. The first-order valence-corrected chi connectivity index (χ1v) is 20.9. The van der Waals surface area contributed by atoms with Gasteiger partial charge in [0.05, 0.1) is 32.0 Å². The molecule has 0 aliphatic rings. The van der Waals surface area contributed by atoms with Crippen molar-refractivity contribution in [3.8, 4) is 0 Å². The number of hydrogen-bond donors (Lipinski definition) is 4. The molecule has 2 amide bonds. The van der Waals surface area contributed by atoms with Crippen molar-refractivity contribution in [3.05, 3.63) is 141 Å². The number of fused-ring (bicyclic) bond motifs is 1. The number of aldehydes is 1. The second-order valence-corrected chi connectivity index (χ2v) is 15.1. The summed E-state index contributed by atoms with van der Waals surface area (Å²) in [5.74, 6) is -6.62. The highest BCUT2D eigenvalue weighted by Gasteiger charge is 2.30. The van der Waals surface area contributed by atoms with E-state index in [1.54, 1.807) is 44.2 Å². The number of carbonyl (C=O) groups is 7. The van der Waals surface area contributed by atoms with Crippen LogP contribution in [-0.2, 0) is 53.2 Å². The predicted octanol–water partition coefficient (Wildman–Crippen LogP) is 2.73. The summed E-state index contributed by atoms with van der Waals surface area (Å²) in [4.78, 5) is 122. The third kappa shape index (κ3) is 13.5. The van der Waals surface area contributed by atoms with Gasteiger partial charge in [0.2, 0.25) is 23.5 Å². The fourth-order valence-corrected chi connectivity index (χ4v) is 6.74. The maximum atomic E-state index is 14.1. The van der Waals surface area contributed by atoms with Crippen molar-refractivity contribution < 1.29 is 53.1 Å². The predicted molar refractivity (Wildman–Crippen MR) is 241 cm³/mol. The smallest absolute Gasteiger partial charge is 0.305 e. The maximum Gasteiger partial charge on any atom is 0.305 e. The summed E-state index contributed by atoms with van der Waals surface area (Å²) in [6, 6.07) is 18.4. The minimum absolute atomic E-state index is 0.00916. The Labute approximate surface area is 386 Å². The first-order chi connectivity index (χ1) is 32.6. The van der Waals surface area contributed by atoms with E-state index >= 15 is 0 Å². The summed E-state index contributed by atoms with van der Waals surface area (Å²) >= 11 is 0. The molecule has 0 aliphatic carbocycles. The van der Waals surface area contributed by atoms with Gasteiger partial charge in [-0.25, -0.2) is 14.6 Å². The number of hydrogen-bond acceptors (Lipinski definition) is 16. The van der Waals surface area contributed by atoms with E-state index < -0.39 is 102 Å². The van der Waals surface area contributed by atoms with Gasteiger partial charge in [-0.05, 0) is 36.6 Å². The molecule has 0 radical (unpaired) electrons. The van der Waals surface area contributed by atoms with Crippen LogP contribution < -0.4 is 26.7 Å². The molecule has 3 atom stereocenters. The van der Waals surface area contributed by atoms with Crippen molar-refractivity contribution in [3.63, 3.8) is 0 Å². The van der Waals surface area contributed by atoms with Gasteiger partial charge in [-0.1, -0.05) is 90.0 Å². The zero-order valence-electron chi connectivity index (χ0n) is 37.0. The van der Waals surface area contributed by atoms with E-state index in [-0.39, 0.29) is 31.0 Å². The van der Waals surface area contributed by atoms with Gasteiger partial charge in [-0.2, -0.15) is 0 Å². The highest BCUT2D eigenvalue weighted by atomic mass is 16.6. The molecule has 68 heavy (non-hydrogen) atoms. The van der Waals surface area contributed by atoms with Crippen LogP contribution in [0.15, 0.2) is 112 Å². The maximum absolute atomic E-state index is 14.1. The molecule has 6 aromatic rings. The number of carbonyl (C=O) groups excluding carboxylic acids is 5. The molecule has 3 aromatic heterocycles. The number of nitrogens with zero attached hydrogens (tertiary/aromatic N) is 7. The van der Waals surface area contributed by atoms with Gasteiger partial charge < -0.3 is 30.2 Å². The number of amides is 2. The number of rotatable bonds is 22. The molecule has 0 saturated heterocycles.